The minimum atomic E-state index is -0.958. The lowest BCUT2D eigenvalue weighted by Gasteiger charge is -2.25. The highest BCUT2D eigenvalue weighted by molar-refractivity contribution is 6.51. The van der Waals surface area contributed by atoms with Crippen molar-refractivity contribution < 1.29 is 23.8 Å². The van der Waals surface area contributed by atoms with Gasteiger partial charge in [-0.15, -0.1) is 0 Å². The van der Waals surface area contributed by atoms with Crippen molar-refractivity contribution in [2.45, 2.75) is 6.04 Å². The lowest BCUT2D eigenvalue weighted by atomic mass is 9.95. The van der Waals surface area contributed by atoms with E-state index in [0.717, 1.165) is 6.07 Å². The summed E-state index contributed by atoms with van der Waals surface area (Å²) in [5.41, 5.74) is 1.02. The number of methoxy groups -OCH3 is 1. The maximum Gasteiger partial charge on any atom is 0.300 e. The molecule has 1 aromatic heterocycles. The number of carbonyl (C=O) groups excluding carboxylic acids is 2. The third-order valence-corrected chi connectivity index (χ3v) is 5.30. The summed E-state index contributed by atoms with van der Waals surface area (Å²) in [5, 5.41) is 10.8. The number of aliphatic hydroxyl groups excluding tert-OH is 1. The minimum Gasteiger partial charge on any atom is -0.507 e. The highest BCUT2D eigenvalue weighted by Gasteiger charge is 2.47. The highest BCUT2D eigenvalue weighted by atomic mass is 35.5. The zero-order valence-electron chi connectivity index (χ0n) is 16.3. The largest absolute Gasteiger partial charge is 0.507 e. The van der Waals surface area contributed by atoms with Gasteiger partial charge in [0.05, 0.1) is 23.7 Å². The maximum atomic E-state index is 13.7. The van der Waals surface area contributed by atoms with Crippen molar-refractivity contribution >= 4 is 34.7 Å². The fourth-order valence-corrected chi connectivity index (χ4v) is 3.68. The molecule has 4 rings (SSSR count). The molecule has 1 saturated heterocycles. The molecule has 0 saturated carbocycles. The molecule has 3 aromatic rings. The van der Waals surface area contributed by atoms with Gasteiger partial charge in [0.2, 0.25) is 0 Å². The van der Waals surface area contributed by atoms with E-state index in [4.69, 9.17) is 16.3 Å². The van der Waals surface area contributed by atoms with Crippen molar-refractivity contribution in [1.82, 2.24) is 4.98 Å². The molecule has 0 aliphatic carbocycles. The van der Waals surface area contributed by atoms with Gasteiger partial charge >= 0.3 is 0 Å². The predicted octanol–water partition coefficient (Wildman–Crippen LogP) is 4.51. The molecule has 156 valence electrons. The molecule has 1 amide bonds. The molecule has 1 fully saturated rings. The number of aliphatic hydroxyl groups is 1. The Labute approximate surface area is 182 Å². The van der Waals surface area contributed by atoms with Crippen molar-refractivity contribution in [2.24, 2.45) is 0 Å². The number of carbonyl (C=O) groups is 2. The molecular weight excluding hydrogens is 423 g/mol. The molecule has 0 radical (unpaired) electrons. The average Bonchev–Trinajstić information content (AvgIpc) is 3.06. The first-order valence-corrected chi connectivity index (χ1v) is 9.60. The van der Waals surface area contributed by atoms with Gasteiger partial charge in [-0.05, 0) is 48.0 Å². The third kappa shape index (κ3) is 3.64. The van der Waals surface area contributed by atoms with Crippen molar-refractivity contribution in [3.05, 3.63) is 94.5 Å². The van der Waals surface area contributed by atoms with Crippen LogP contribution in [0.5, 0.6) is 5.75 Å². The number of benzene rings is 2. The van der Waals surface area contributed by atoms with Gasteiger partial charge in [-0.25, -0.2) is 4.39 Å². The Balaban J connectivity index is 1.94. The number of hydrogen-bond acceptors (Lipinski definition) is 5. The quantitative estimate of drug-likeness (QED) is 0.368. The molecule has 6 nitrogen and oxygen atoms in total. The van der Waals surface area contributed by atoms with Crippen LogP contribution in [0, 0.1) is 5.82 Å². The van der Waals surface area contributed by atoms with Crippen LogP contribution in [0.3, 0.4) is 0 Å². The van der Waals surface area contributed by atoms with Crippen molar-refractivity contribution in [3.8, 4) is 5.75 Å². The summed E-state index contributed by atoms with van der Waals surface area (Å²) in [4.78, 5) is 31.1. The number of pyridine rings is 1. The number of ketones is 1. The van der Waals surface area contributed by atoms with Crippen molar-refractivity contribution in [3.63, 3.8) is 0 Å². The van der Waals surface area contributed by atoms with Crippen LogP contribution in [-0.4, -0.2) is 28.9 Å². The molecule has 8 heteroatoms. The van der Waals surface area contributed by atoms with E-state index in [2.05, 4.69) is 4.98 Å². The van der Waals surface area contributed by atoms with Gasteiger partial charge in [0.1, 0.15) is 17.3 Å². The number of amides is 1. The number of hydrogen-bond donors (Lipinski definition) is 1. The van der Waals surface area contributed by atoms with Crippen LogP contribution in [0.1, 0.15) is 17.2 Å². The molecule has 0 spiro atoms. The Morgan fingerprint density at radius 2 is 1.77 bits per heavy atom. The summed E-state index contributed by atoms with van der Waals surface area (Å²) in [7, 11) is 1.52. The van der Waals surface area contributed by atoms with Gasteiger partial charge in [-0.3, -0.25) is 19.5 Å². The molecule has 1 N–H and O–H groups in total. The van der Waals surface area contributed by atoms with Gasteiger partial charge in [0.15, 0.2) is 0 Å². The predicted molar refractivity (Wildman–Crippen MR) is 113 cm³/mol. The fourth-order valence-electron chi connectivity index (χ4n) is 3.50. The highest BCUT2D eigenvalue weighted by Crippen LogP contribution is 2.43. The first-order valence-electron chi connectivity index (χ1n) is 9.22. The Morgan fingerprint density at radius 1 is 1.10 bits per heavy atom. The standard InChI is InChI=1S/C23H16ClFN2O4/c1-31-16-5-2-13(3-6-16)20-19(21(28)14-8-10-26-11-9-14)22(29)23(30)27(20)15-4-7-18(25)17(24)12-15/h2-12,20,28H,1H3/b21-19+. The van der Waals surface area contributed by atoms with Crippen LogP contribution in [0.15, 0.2) is 72.6 Å². The summed E-state index contributed by atoms with van der Waals surface area (Å²) in [5.74, 6) is -2.13. The molecule has 2 heterocycles. The van der Waals surface area contributed by atoms with E-state index in [9.17, 15) is 19.1 Å². The monoisotopic (exact) mass is 438 g/mol. The molecule has 1 atom stereocenters. The minimum absolute atomic E-state index is 0.0955. The fraction of sp³-hybridized carbons (Fsp3) is 0.0870. The smallest absolute Gasteiger partial charge is 0.300 e. The summed E-state index contributed by atoms with van der Waals surface area (Å²) >= 11 is 5.92. The summed E-state index contributed by atoms with van der Waals surface area (Å²) < 4.78 is 18.9. The number of aromatic nitrogens is 1. The molecule has 0 bridgehead atoms. The zero-order valence-corrected chi connectivity index (χ0v) is 17.0. The second-order valence-electron chi connectivity index (χ2n) is 6.78. The van der Waals surface area contributed by atoms with E-state index in [1.807, 2.05) is 0 Å². The number of ether oxygens (including phenoxy) is 1. The lowest BCUT2D eigenvalue weighted by molar-refractivity contribution is -0.132. The first kappa shape index (κ1) is 20.6. The van der Waals surface area contributed by atoms with E-state index in [1.165, 1.54) is 48.7 Å². The summed E-state index contributed by atoms with van der Waals surface area (Å²) in [6.07, 6.45) is 2.93. The first-order chi connectivity index (χ1) is 14.9. The molecule has 2 aromatic carbocycles. The maximum absolute atomic E-state index is 13.7. The van der Waals surface area contributed by atoms with Crippen LogP contribution in [0.4, 0.5) is 10.1 Å². The summed E-state index contributed by atoms with van der Waals surface area (Å²) in [6, 6.07) is 12.6. The molecule has 31 heavy (non-hydrogen) atoms. The van der Waals surface area contributed by atoms with Crippen LogP contribution in [-0.2, 0) is 9.59 Å². The molecular formula is C23H16ClFN2O4. The van der Waals surface area contributed by atoms with E-state index in [1.54, 1.807) is 24.3 Å². The van der Waals surface area contributed by atoms with E-state index < -0.39 is 23.5 Å². The number of halogens is 2. The number of nitrogens with zero attached hydrogens (tertiary/aromatic N) is 2. The second kappa shape index (κ2) is 8.20. The van der Waals surface area contributed by atoms with E-state index in [0.29, 0.717) is 16.9 Å². The van der Waals surface area contributed by atoms with E-state index in [-0.39, 0.29) is 22.0 Å². The van der Waals surface area contributed by atoms with Gasteiger partial charge < -0.3 is 9.84 Å². The third-order valence-electron chi connectivity index (χ3n) is 5.01. The zero-order chi connectivity index (χ0) is 22.1. The van der Waals surface area contributed by atoms with E-state index >= 15 is 0 Å². The lowest BCUT2D eigenvalue weighted by Crippen LogP contribution is -2.29. The van der Waals surface area contributed by atoms with Gasteiger partial charge in [0.25, 0.3) is 11.7 Å². The van der Waals surface area contributed by atoms with Crippen molar-refractivity contribution in [1.29, 1.82) is 0 Å². The number of Topliss-reactive ketones (excluding diaryl/α,β-unsaturated/α-hetero) is 1. The topological polar surface area (TPSA) is 79.7 Å². The van der Waals surface area contributed by atoms with Crippen LogP contribution < -0.4 is 9.64 Å². The molecule has 1 unspecified atom stereocenters. The van der Waals surface area contributed by atoms with Crippen LogP contribution in [0.25, 0.3) is 5.76 Å². The van der Waals surface area contributed by atoms with Gasteiger partial charge in [-0.2, -0.15) is 0 Å². The van der Waals surface area contributed by atoms with Gasteiger partial charge in [-0.1, -0.05) is 23.7 Å². The van der Waals surface area contributed by atoms with Crippen LogP contribution in [0.2, 0.25) is 5.02 Å². The van der Waals surface area contributed by atoms with Crippen LogP contribution >= 0.6 is 11.6 Å². The number of rotatable bonds is 4. The van der Waals surface area contributed by atoms with Crippen molar-refractivity contribution in [2.75, 3.05) is 12.0 Å². The average molecular weight is 439 g/mol. The Morgan fingerprint density at radius 3 is 2.39 bits per heavy atom. The Kier molecular flexibility index (Phi) is 5.44. The number of anilines is 1. The van der Waals surface area contributed by atoms with Gasteiger partial charge in [0, 0.05) is 23.6 Å². The summed E-state index contributed by atoms with van der Waals surface area (Å²) in [6.45, 7) is 0. The molecule has 1 aliphatic rings. The Hall–Kier alpha value is -3.71. The second-order valence-corrected chi connectivity index (χ2v) is 7.18. The molecule has 1 aliphatic heterocycles. The Bertz CT molecular complexity index is 1200. The normalized spacial score (nSPS) is 17.8. The SMILES string of the molecule is COc1ccc(C2/C(=C(\O)c3ccncc3)C(=O)C(=O)N2c2ccc(F)c(Cl)c2)cc1.